The van der Waals surface area contributed by atoms with Gasteiger partial charge in [-0.15, -0.1) is 0 Å². The van der Waals surface area contributed by atoms with E-state index in [1.54, 1.807) is 12.1 Å². The van der Waals surface area contributed by atoms with Crippen molar-refractivity contribution < 1.29 is 12.8 Å². The molecule has 0 N–H and O–H groups in total. The largest absolute Gasteiger partial charge is 0.394 e. The van der Waals surface area contributed by atoms with Crippen LogP contribution in [0.1, 0.15) is 5.56 Å². The second-order valence-electron chi connectivity index (χ2n) is 2.20. The fourth-order valence-electron chi connectivity index (χ4n) is 0.764. The molecule has 0 aromatic heterocycles. The zero-order valence-corrected chi connectivity index (χ0v) is 8.26. The first-order valence-electron chi connectivity index (χ1n) is 3.36. The molecular formula is C8H7FO2S2. The summed E-state index contributed by atoms with van der Waals surface area (Å²) >= 11 is 7.06. The highest BCUT2D eigenvalue weighted by molar-refractivity contribution is 7.75. The van der Waals surface area contributed by atoms with Crippen LogP contribution in [0.3, 0.4) is 0 Å². The average Bonchev–Trinajstić information content (AvgIpc) is 2.17. The summed E-state index contributed by atoms with van der Waals surface area (Å²) in [6.07, 6.45) is 1.53. The Hall–Kier alpha value is -0.810. The number of benzene rings is 1. The van der Waals surface area contributed by atoms with Crippen LogP contribution >= 0.6 is 25.8 Å². The molecular weight excluding hydrogens is 211 g/mol. The van der Waals surface area contributed by atoms with Crippen molar-refractivity contribution >= 4 is 31.9 Å². The summed E-state index contributed by atoms with van der Waals surface area (Å²) in [5, 5.41) is 0. The molecule has 0 fully saturated rings. The van der Waals surface area contributed by atoms with Crippen molar-refractivity contribution in [3.05, 3.63) is 41.6 Å². The smallest absolute Gasteiger partial charge is 0.304 e. The van der Waals surface area contributed by atoms with Crippen molar-refractivity contribution in [1.82, 2.24) is 0 Å². The fourth-order valence-corrected chi connectivity index (χ4v) is 1.00. The Morgan fingerprint density at radius 3 is 2.15 bits per heavy atom. The highest BCUT2D eigenvalue weighted by Gasteiger charge is 1.96. The molecule has 1 aromatic carbocycles. The van der Waals surface area contributed by atoms with Crippen LogP contribution < -0.4 is 0 Å². The van der Waals surface area contributed by atoms with Gasteiger partial charge in [0.2, 0.25) is 0 Å². The molecule has 0 aliphatic rings. The molecule has 5 heteroatoms. The van der Waals surface area contributed by atoms with Gasteiger partial charge in [-0.1, -0.05) is 12.1 Å². The van der Waals surface area contributed by atoms with Crippen LogP contribution in [-0.4, -0.2) is 0 Å². The normalized spacial score (nSPS) is 9.15. The third-order valence-electron chi connectivity index (χ3n) is 1.33. The molecule has 0 aliphatic carbocycles. The first kappa shape index (κ1) is 10.3. The van der Waals surface area contributed by atoms with Crippen LogP contribution in [0.4, 0.5) is 4.39 Å². The predicted molar refractivity (Wildman–Crippen MR) is 54.5 cm³/mol. The van der Waals surface area contributed by atoms with E-state index in [2.05, 4.69) is 34.2 Å². The SMILES string of the molecule is Fc1ccc(C=C(OS)OS)cc1. The molecule has 2 nitrogen and oxygen atoms in total. The molecule has 0 amide bonds. The Labute approximate surface area is 86.6 Å². The average molecular weight is 218 g/mol. The van der Waals surface area contributed by atoms with Gasteiger partial charge in [0, 0.05) is 31.9 Å². The van der Waals surface area contributed by atoms with Gasteiger partial charge in [-0.3, -0.25) is 0 Å². The van der Waals surface area contributed by atoms with Crippen LogP contribution in [0.2, 0.25) is 0 Å². The monoisotopic (exact) mass is 218 g/mol. The number of thiol groups is 2. The molecule has 1 rings (SSSR count). The lowest BCUT2D eigenvalue weighted by Crippen LogP contribution is -1.82. The first-order chi connectivity index (χ1) is 6.26. The van der Waals surface area contributed by atoms with Crippen LogP contribution in [-0.2, 0) is 8.37 Å². The van der Waals surface area contributed by atoms with E-state index in [9.17, 15) is 4.39 Å². The summed E-state index contributed by atoms with van der Waals surface area (Å²) in [6, 6.07) is 5.82. The number of hydrogen-bond donors (Lipinski definition) is 2. The summed E-state index contributed by atoms with van der Waals surface area (Å²) in [5.41, 5.74) is 0.736. The molecule has 0 saturated heterocycles. The predicted octanol–water partition coefficient (Wildman–Crippen LogP) is 2.85. The summed E-state index contributed by atoms with van der Waals surface area (Å²) in [6.45, 7) is 0. The van der Waals surface area contributed by atoms with Gasteiger partial charge in [-0.2, -0.15) is 0 Å². The quantitative estimate of drug-likeness (QED) is 0.461. The third kappa shape index (κ3) is 3.20. The second-order valence-corrected chi connectivity index (χ2v) is 2.56. The lowest BCUT2D eigenvalue weighted by atomic mass is 10.2. The van der Waals surface area contributed by atoms with Gasteiger partial charge in [0.05, 0.1) is 0 Å². The Morgan fingerprint density at radius 2 is 1.69 bits per heavy atom. The molecule has 13 heavy (non-hydrogen) atoms. The van der Waals surface area contributed by atoms with Crippen molar-refractivity contribution in [2.24, 2.45) is 0 Å². The fraction of sp³-hybridized carbons (Fsp3) is 0. The number of hydrogen-bond acceptors (Lipinski definition) is 4. The molecule has 70 valence electrons. The lowest BCUT2D eigenvalue weighted by molar-refractivity contribution is 0.299. The Kier molecular flexibility index (Phi) is 3.98. The minimum absolute atomic E-state index is 0.123. The summed E-state index contributed by atoms with van der Waals surface area (Å²) in [4.78, 5) is 0. The summed E-state index contributed by atoms with van der Waals surface area (Å²) in [7, 11) is 0. The molecule has 1 aromatic rings. The van der Waals surface area contributed by atoms with Gasteiger partial charge in [0.1, 0.15) is 5.82 Å². The van der Waals surface area contributed by atoms with E-state index in [0.717, 1.165) is 5.56 Å². The molecule has 0 unspecified atom stereocenters. The van der Waals surface area contributed by atoms with Crippen molar-refractivity contribution in [2.75, 3.05) is 0 Å². The third-order valence-corrected chi connectivity index (χ3v) is 1.69. The standard InChI is InChI=1S/C8H7FO2S2/c9-7-3-1-6(2-4-7)5-8(10-12)11-13/h1-5,12-13H. The van der Waals surface area contributed by atoms with Crippen LogP contribution in [0.15, 0.2) is 30.2 Å². The van der Waals surface area contributed by atoms with E-state index in [1.807, 2.05) is 0 Å². The molecule has 0 atom stereocenters. The summed E-state index contributed by atoms with van der Waals surface area (Å²) < 4.78 is 21.5. The molecule has 0 bridgehead atoms. The van der Waals surface area contributed by atoms with E-state index in [0.29, 0.717) is 0 Å². The van der Waals surface area contributed by atoms with E-state index in [-0.39, 0.29) is 11.8 Å². The Bertz CT molecular complexity index is 292. The van der Waals surface area contributed by atoms with Crippen molar-refractivity contribution in [3.63, 3.8) is 0 Å². The van der Waals surface area contributed by atoms with Gasteiger partial charge in [-0.05, 0) is 17.7 Å². The molecule has 0 spiro atoms. The topological polar surface area (TPSA) is 18.5 Å². The zero-order chi connectivity index (χ0) is 9.68. The second kappa shape index (κ2) is 5.04. The van der Waals surface area contributed by atoms with Crippen molar-refractivity contribution in [2.45, 2.75) is 0 Å². The molecule has 0 radical (unpaired) electrons. The maximum absolute atomic E-state index is 12.5. The molecule has 0 heterocycles. The minimum Gasteiger partial charge on any atom is -0.394 e. The van der Waals surface area contributed by atoms with E-state index in [4.69, 9.17) is 0 Å². The van der Waals surface area contributed by atoms with E-state index < -0.39 is 0 Å². The number of rotatable bonds is 3. The lowest BCUT2D eigenvalue weighted by Gasteiger charge is -1.99. The maximum atomic E-state index is 12.5. The van der Waals surface area contributed by atoms with Crippen molar-refractivity contribution in [1.29, 1.82) is 0 Å². The zero-order valence-electron chi connectivity index (χ0n) is 6.48. The van der Waals surface area contributed by atoms with E-state index in [1.165, 1.54) is 18.2 Å². The molecule has 0 saturated carbocycles. The van der Waals surface area contributed by atoms with Crippen LogP contribution in [0, 0.1) is 5.82 Å². The first-order valence-corrected chi connectivity index (χ1v) is 4.09. The highest BCUT2D eigenvalue weighted by atomic mass is 32.1. The van der Waals surface area contributed by atoms with Crippen molar-refractivity contribution in [3.8, 4) is 0 Å². The van der Waals surface area contributed by atoms with Crippen LogP contribution in [0.25, 0.3) is 6.08 Å². The van der Waals surface area contributed by atoms with Gasteiger partial charge < -0.3 is 8.37 Å². The maximum Gasteiger partial charge on any atom is 0.304 e. The van der Waals surface area contributed by atoms with Gasteiger partial charge in [0.25, 0.3) is 0 Å². The Morgan fingerprint density at radius 1 is 1.15 bits per heavy atom. The highest BCUT2D eigenvalue weighted by Crippen LogP contribution is 2.12. The van der Waals surface area contributed by atoms with Crippen LogP contribution in [0.5, 0.6) is 0 Å². The van der Waals surface area contributed by atoms with Gasteiger partial charge in [-0.25, -0.2) is 4.39 Å². The molecule has 0 aliphatic heterocycles. The van der Waals surface area contributed by atoms with Gasteiger partial charge in [0.15, 0.2) is 0 Å². The van der Waals surface area contributed by atoms with E-state index >= 15 is 0 Å². The summed E-state index contributed by atoms with van der Waals surface area (Å²) in [5.74, 6) is -0.171. The van der Waals surface area contributed by atoms with Gasteiger partial charge >= 0.3 is 5.95 Å². The Balaban J connectivity index is 2.84. The minimum atomic E-state index is -0.294. The number of halogens is 1.